The maximum atomic E-state index is 12.4. The predicted octanol–water partition coefficient (Wildman–Crippen LogP) is 1.34. The van der Waals surface area contributed by atoms with Gasteiger partial charge in [0.05, 0.1) is 15.6 Å². The minimum atomic E-state index is -1.22. The predicted molar refractivity (Wildman–Crippen MR) is 85.3 cm³/mol. The van der Waals surface area contributed by atoms with Gasteiger partial charge in [-0.15, -0.1) is 0 Å². The minimum absolute atomic E-state index is 0.168. The molecule has 1 aromatic carbocycles. The van der Waals surface area contributed by atoms with Crippen LogP contribution < -0.4 is 10.2 Å². The Morgan fingerprint density at radius 1 is 1.19 bits per heavy atom. The quantitative estimate of drug-likeness (QED) is 0.581. The van der Waals surface area contributed by atoms with E-state index in [1.54, 1.807) is 13.8 Å². The second-order valence-corrected chi connectivity index (χ2v) is 7.69. The highest BCUT2D eigenvalue weighted by Gasteiger charge is 2.55. The van der Waals surface area contributed by atoms with Crippen molar-refractivity contribution in [1.29, 1.82) is 0 Å². The summed E-state index contributed by atoms with van der Waals surface area (Å²) in [4.78, 5) is 32.8. The molecule has 1 saturated carbocycles. The van der Waals surface area contributed by atoms with Crippen LogP contribution in [-0.2, 0) is 16.6 Å². The van der Waals surface area contributed by atoms with Crippen molar-refractivity contribution in [2.75, 3.05) is 0 Å². The van der Waals surface area contributed by atoms with E-state index in [2.05, 4.69) is 0 Å². The zero-order valence-electron chi connectivity index (χ0n) is 14.4. The average molecular weight is 362 g/mol. The fourth-order valence-corrected chi connectivity index (χ4v) is 5.19. The summed E-state index contributed by atoms with van der Waals surface area (Å²) in [6.45, 7) is 3.32. The molecular weight excluding hydrogens is 344 g/mol. The molecular formula is C17H18N2O7-2. The lowest BCUT2D eigenvalue weighted by Crippen LogP contribution is -2.56. The number of carbonyl (C=O) groups is 1. The van der Waals surface area contributed by atoms with Gasteiger partial charge in [-0.25, -0.2) is 0 Å². The lowest BCUT2D eigenvalue weighted by atomic mass is 9.49. The molecule has 2 aliphatic carbocycles. The molecule has 0 bridgehead atoms. The number of hydrogen-bond acceptors (Lipinski definition) is 7. The van der Waals surface area contributed by atoms with Crippen LogP contribution in [0, 0.1) is 31.6 Å². The first-order valence-electron chi connectivity index (χ1n) is 8.41. The van der Waals surface area contributed by atoms with Crippen LogP contribution in [0.25, 0.3) is 0 Å². The van der Waals surface area contributed by atoms with E-state index in [0.29, 0.717) is 31.2 Å². The number of benzene rings is 1. The Hall–Kier alpha value is -2.71. The molecule has 3 atom stereocenters. The summed E-state index contributed by atoms with van der Waals surface area (Å²) >= 11 is 0. The van der Waals surface area contributed by atoms with Crippen molar-refractivity contribution in [2.45, 2.75) is 51.4 Å². The van der Waals surface area contributed by atoms with Crippen molar-refractivity contribution in [3.63, 3.8) is 0 Å². The van der Waals surface area contributed by atoms with Crippen LogP contribution in [0.4, 0.5) is 11.4 Å². The molecule has 0 radical (unpaired) electrons. The topological polar surface area (TPSA) is 149 Å². The number of aryl methyl sites for hydroxylation is 1. The van der Waals surface area contributed by atoms with Crippen molar-refractivity contribution in [3.8, 4) is 5.75 Å². The van der Waals surface area contributed by atoms with Gasteiger partial charge in [-0.1, -0.05) is 20.3 Å². The van der Waals surface area contributed by atoms with Crippen LogP contribution >= 0.6 is 0 Å². The fraction of sp³-hybridized carbons (Fsp3) is 0.588. The first kappa shape index (κ1) is 18.1. The van der Waals surface area contributed by atoms with Gasteiger partial charge in [-0.2, -0.15) is 0 Å². The van der Waals surface area contributed by atoms with Crippen LogP contribution in [0.2, 0.25) is 0 Å². The van der Waals surface area contributed by atoms with Gasteiger partial charge in [0.25, 0.3) is 11.4 Å². The maximum absolute atomic E-state index is 12.4. The van der Waals surface area contributed by atoms with E-state index in [1.807, 2.05) is 0 Å². The number of nitro benzene ring substituents is 2. The number of nitrogens with zero attached hydrogens (tertiary/aromatic N) is 2. The van der Waals surface area contributed by atoms with Gasteiger partial charge in [-0.05, 0) is 37.2 Å². The van der Waals surface area contributed by atoms with E-state index >= 15 is 0 Å². The number of carboxylic acids is 1. The number of rotatable bonds is 3. The largest absolute Gasteiger partial charge is 0.863 e. The number of nitro groups is 2. The zero-order valence-corrected chi connectivity index (χ0v) is 14.4. The molecule has 0 aromatic heterocycles. The molecule has 1 fully saturated rings. The van der Waals surface area contributed by atoms with E-state index in [1.165, 1.54) is 0 Å². The van der Waals surface area contributed by atoms with Crippen molar-refractivity contribution >= 4 is 17.3 Å². The molecule has 0 heterocycles. The standard InChI is InChI=1S/C17H20N2O7/c1-16-6-3-7-17(2,15(21)22)11(16)5-4-9-8-10(18(23)24)14(20)13(12(9)16)19(25)26/h8,11,20H,3-7H2,1-2H3,(H,21,22)/p-2/t11-,16-,17+/m0/s1. The molecule has 0 N–H and O–H groups in total. The molecule has 140 valence electrons. The number of carboxylic acid groups (broad SMARTS) is 1. The molecule has 0 amide bonds. The van der Waals surface area contributed by atoms with Crippen LogP contribution in [0.15, 0.2) is 6.07 Å². The first-order chi connectivity index (χ1) is 12.0. The highest BCUT2D eigenvalue weighted by Crippen LogP contribution is 2.60. The maximum Gasteiger partial charge on any atom is 0.272 e. The molecule has 2 aliphatic rings. The normalized spacial score (nSPS) is 30.2. The van der Waals surface area contributed by atoms with Crippen LogP contribution in [-0.4, -0.2) is 15.8 Å². The van der Waals surface area contributed by atoms with Crippen molar-refractivity contribution in [1.82, 2.24) is 0 Å². The molecule has 0 aliphatic heterocycles. The van der Waals surface area contributed by atoms with Crippen molar-refractivity contribution < 1.29 is 24.9 Å². The number of carbonyl (C=O) groups excluding carboxylic acids is 1. The highest BCUT2D eigenvalue weighted by atomic mass is 16.6. The lowest BCUT2D eigenvalue weighted by Gasteiger charge is -2.55. The van der Waals surface area contributed by atoms with E-state index in [4.69, 9.17) is 0 Å². The summed E-state index contributed by atoms with van der Waals surface area (Å²) in [6, 6.07) is 1.12. The van der Waals surface area contributed by atoms with Gasteiger partial charge in [0.15, 0.2) is 0 Å². The van der Waals surface area contributed by atoms with Crippen molar-refractivity contribution in [2.24, 2.45) is 11.3 Å². The SMILES string of the molecule is C[C@@]1(C(=O)[O-])CCC[C@]2(C)c3c(cc([N+](=O)[O-])c([O-])c3[N+](=O)[O-])CC[C@H]12. The molecule has 0 spiro atoms. The molecule has 9 nitrogen and oxygen atoms in total. The Morgan fingerprint density at radius 3 is 2.38 bits per heavy atom. The third kappa shape index (κ3) is 2.26. The molecule has 3 rings (SSSR count). The zero-order chi connectivity index (χ0) is 19.4. The average Bonchev–Trinajstić information content (AvgIpc) is 2.53. The molecule has 1 aromatic rings. The molecule has 9 heteroatoms. The summed E-state index contributed by atoms with van der Waals surface area (Å²) in [5, 5.41) is 47.0. The summed E-state index contributed by atoms with van der Waals surface area (Å²) in [5.74, 6) is -2.87. The number of hydrogen-bond donors (Lipinski definition) is 0. The van der Waals surface area contributed by atoms with Crippen LogP contribution in [0.1, 0.15) is 50.7 Å². The Balaban J connectivity index is 2.31. The van der Waals surface area contributed by atoms with Gasteiger partial charge in [0.2, 0.25) is 0 Å². The van der Waals surface area contributed by atoms with E-state index in [0.717, 1.165) is 6.07 Å². The molecule has 0 unspecified atom stereocenters. The monoisotopic (exact) mass is 362 g/mol. The lowest BCUT2D eigenvalue weighted by molar-refractivity contribution is -0.417. The van der Waals surface area contributed by atoms with Gasteiger partial charge in [0, 0.05) is 28.4 Å². The second-order valence-electron chi connectivity index (χ2n) is 7.69. The van der Waals surface area contributed by atoms with Crippen LogP contribution in [0.3, 0.4) is 0 Å². The smallest absolute Gasteiger partial charge is 0.272 e. The van der Waals surface area contributed by atoms with Crippen molar-refractivity contribution in [3.05, 3.63) is 37.4 Å². The fourth-order valence-electron chi connectivity index (χ4n) is 5.19. The second kappa shape index (κ2) is 5.65. The number of fused-ring (bicyclic) bond motifs is 3. The molecule has 26 heavy (non-hydrogen) atoms. The van der Waals surface area contributed by atoms with E-state index in [-0.39, 0.29) is 12.0 Å². The third-order valence-corrected chi connectivity index (χ3v) is 6.37. The van der Waals surface area contributed by atoms with Gasteiger partial charge in [-0.3, -0.25) is 20.2 Å². The Labute approximate surface area is 148 Å². The highest BCUT2D eigenvalue weighted by molar-refractivity contribution is 5.74. The Bertz CT molecular complexity index is 837. The molecule has 0 saturated heterocycles. The van der Waals surface area contributed by atoms with Gasteiger partial charge in [0.1, 0.15) is 0 Å². The summed E-state index contributed by atoms with van der Waals surface area (Å²) in [5.41, 5.74) is -3.12. The summed E-state index contributed by atoms with van der Waals surface area (Å²) in [6.07, 6.45) is 2.06. The van der Waals surface area contributed by atoms with Gasteiger partial charge >= 0.3 is 0 Å². The van der Waals surface area contributed by atoms with E-state index < -0.39 is 49.7 Å². The third-order valence-electron chi connectivity index (χ3n) is 6.37. The summed E-state index contributed by atoms with van der Waals surface area (Å²) < 4.78 is 0. The van der Waals surface area contributed by atoms with Gasteiger partial charge < -0.3 is 15.0 Å². The Kier molecular flexibility index (Phi) is 3.93. The Morgan fingerprint density at radius 2 is 1.85 bits per heavy atom. The summed E-state index contributed by atoms with van der Waals surface area (Å²) in [7, 11) is 0. The minimum Gasteiger partial charge on any atom is -0.863 e. The van der Waals surface area contributed by atoms with Crippen LogP contribution in [0.5, 0.6) is 5.75 Å². The van der Waals surface area contributed by atoms with E-state index in [9.17, 15) is 35.2 Å². The number of aliphatic carboxylic acids is 1. The first-order valence-corrected chi connectivity index (χ1v) is 8.41.